The first-order valence-corrected chi connectivity index (χ1v) is 8.14. The number of nitrogens with zero attached hydrogens (tertiary/aromatic N) is 3. The van der Waals surface area contributed by atoms with Crippen LogP contribution in [0.2, 0.25) is 0 Å². The van der Waals surface area contributed by atoms with E-state index < -0.39 is 0 Å². The van der Waals surface area contributed by atoms with Crippen LogP contribution in [0.4, 0.5) is 23.0 Å². The molecule has 0 fully saturated rings. The number of hydrogen-bond donors (Lipinski definition) is 2. The number of nitrogens with one attached hydrogen (secondary N) is 1. The van der Waals surface area contributed by atoms with Gasteiger partial charge >= 0.3 is 0 Å². The predicted molar refractivity (Wildman–Crippen MR) is 98.1 cm³/mol. The molecule has 0 bridgehead atoms. The molecule has 2 rings (SSSR count). The van der Waals surface area contributed by atoms with Crippen LogP contribution in [0.25, 0.3) is 0 Å². The van der Waals surface area contributed by atoms with Gasteiger partial charge in [0.1, 0.15) is 12.0 Å². The van der Waals surface area contributed by atoms with Crippen LogP contribution in [-0.2, 0) is 0 Å². The Morgan fingerprint density at radius 1 is 1.00 bits per heavy atom. The minimum absolute atomic E-state index is 0.536. The lowest BCUT2D eigenvalue weighted by Gasteiger charge is -2.28. The summed E-state index contributed by atoms with van der Waals surface area (Å²) in [7, 11) is 0. The lowest BCUT2D eigenvalue weighted by molar-refractivity contribution is 0.549. The van der Waals surface area contributed by atoms with Gasteiger partial charge in [-0.1, -0.05) is 45.9 Å². The van der Waals surface area contributed by atoms with E-state index in [1.165, 1.54) is 0 Å². The molecule has 0 amide bonds. The normalized spacial score (nSPS) is 11.0. The highest BCUT2D eigenvalue weighted by Gasteiger charge is 2.17. The van der Waals surface area contributed by atoms with Gasteiger partial charge in [0.15, 0.2) is 11.6 Å². The topological polar surface area (TPSA) is 67.1 Å². The van der Waals surface area contributed by atoms with Gasteiger partial charge in [-0.2, -0.15) is 0 Å². The van der Waals surface area contributed by atoms with Gasteiger partial charge in [0.05, 0.1) is 0 Å². The van der Waals surface area contributed by atoms with Crippen LogP contribution in [0.5, 0.6) is 0 Å². The summed E-state index contributed by atoms with van der Waals surface area (Å²) < 4.78 is 0. The number of para-hydroxylation sites is 1. The molecule has 1 heterocycles. The number of nitrogens with two attached hydrogens (primary N) is 1. The molecule has 2 aromatic rings. The van der Waals surface area contributed by atoms with Crippen molar-refractivity contribution >= 4 is 23.0 Å². The van der Waals surface area contributed by atoms with Crippen molar-refractivity contribution in [1.82, 2.24) is 9.97 Å². The van der Waals surface area contributed by atoms with Gasteiger partial charge < -0.3 is 16.0 Å². The van der Waals surface area contributed by atoms with Crippen LogP contribution in [0.1, 0.15) is 27.7 Å². The van der Waals surface area contributed by atoms with Gasteiger partial charge in [-0.3, -0.25) is 0 Å². The Balaban J connectivity index is 2.29. The van der Waals surface area contributed by atoms with Gasteiger partial charge in [-0.25, -0.2) is 9.97 Å². The van der Waals surface area contributed by atoms with Crippen molar-refractivity contribution in [1.29, 1.82) is 0 Å². The second-order valence-corrected chi connectivity index (χ2v) is 6.64. The highest BCUT2D eigenvalue weighted by molar-refractivity contribution is 5.78. The summed E-state index contributed by atoms with van der Waals surface area (Å²) in [4.78, 5) is 11.0. The van der Waals surface area contributed by atoms with Crippen LogP contribution in [-0.4, -0.2) is 23.1 Å². The Kier molecular flexibility index (Phi) is 5.79. The summed E-state index contributed by atoms with van der Waals surface area (Å²) in [5.74, 6) is 2.53. The van der Waals surface area contributed by atoms with E-state index in [-0.39, 0.29) is 0 Å². The fraction of sp³-hybridized carbons (Fsp3) is 0.444. The number of benzene rings is 1. The minimum Gasteiger partial charge on any atom is -0.393 e. The molecule has 23 heavy (non-hydrogen) atoms. The molecule has 124 valence electrons. The first-order chi connectivity index (χ1) is 11.0. The average Bonchev–Trinajstić information content (AvgIpc) is 2.49. The smallest absolute Gasteiger partial charge is 0.159 e. The van der Waals surface area contributed by atoms with Crippen molar-refractivity contribution in [3.8, 4) is 0 Å². The molecule has 0 aliphatic heterocycles. The highest BCUT2D eigenvalue weighted by Crippen LogP contribution is 2.29. The molecular weight excluding hydrogens is 286 g/mol. The van der Waals surface area contributed by atoms with Crippen molar-refractivity contribution in [2.75, 3.05) is 29.0 Å². The molecule has 5 heteroatoms. The first-order valence-electron chi connectivity index (χ1n) is 8.14. The van der Waals surface area contributed by atoms with E-state index in [0.717, 1.165) is 24.6 Å². The van der Waals surface area contributed by atoms with Gasteiger partial charge in [0.2, 0.25) is 0 Å². The van der Waals surface area contributed by atoms with Crippen LogP contribution < -0.4 is 16.0 Å². The zero-order valence-electron chi connectivity index (χ0n) is 14.5. The molecule has 0 atom stereocenters. The average molecular weight is 313 g/mol. The maximum absolute atomic E-state index is 6.35. The SMILES string of the molecule is CC(C)CN(CC(C)C)c1ncnc(Nc2ccccc2)c1N. The summed E-state index contributed by atoms with van der Waals surface area (Å²) in [6.45, 7) is 10.7. The number of aromatic nitrogens is 2. The standard InChI is InChI=1S/C18H27N5/c1-13(2)10-23(11-14(3)4)18-16(19)17(20-12-21-18)22-15-8-6-5-7-9-15/h5-9,12-14H,10-11,19H2,1-4H3,(H,20,21,22). The van der Waals surface area contributed by atoms with Gasteiger partial charge in [0, 0.05) is 18.8 Å². The zero-order valence-corrected chi connectivity index (χ0v) is 14.5. The molecule has 0 radical (unpaired) electrons. The Labute approximate surface area is 138 Å². The molecule has 0 spiro atoms. The molecule has 0 unspecified atom stereocenters. The second kappa shape index (κ2) is 7.81. The molecule has 3 N–H and O–H groups in total. The van der Waals surface area contributed by atoms with Gasteiger partial charge in [0.25, 0.3) is 0 Å². The van der Waals surface area contributed by atoms with E-state index in [4.69, 9.17) is 5.73 Å². The van der Waals surface area contributed by atoms with E-state index in [2.05, 4.69) is 47.9 Å². The summed E-state index contributed by atoms with van der Waals surface area (Å²) in [5, 5.41) is 3.27. The number of rotatable bonds is 7. The van der Waals surface area contributed by atoms with E-state index in [1.54, 1.807) is 6.33 Å². The van der Waals surface area contributed by atoms with E-state index >= 15 is 0 Å². The molecule has 0 saturated carbocycles. The zero-order chi connectivity index (χ0) is 16.8. The summed E-state index contributed by atoms with van der Waals surface area (Å²) in [6.07, 6.45) is 1.57. The van der Waals surface area contributed by atoms with Crippen molar-refractivity contribution < 1.29 is 0 Å². The van der Waals surface area contributed by atoms with Crippen molar-refractivity contribution in [2.24, 2.45) is 11.8 Å². The lowest BCUT2D eigenvalue weighted by atomic mass is 10.1. The van der Waals surface area contributed by atoms with Crippen molar-refractivity contribution in [3.63, 3.8) is 0 Å². The summed E-state index contributed by atoms with van der Waals surface area (Å²) in [6, 6.07) is 9.91. The quantitative estimate of drug-likeness (QED) is 0.811. The summed E-state index contributed by atoms with van der Waals surface area (Å²) in [5.41, 5.74) is 7.91. The van der Waals surface area contributed by atoms with Crippen molar-refractivity contribution in [2.45, 2.75) is 27.7 Å². The van der Waals surface area contributed by atoms with Crippen LogP contribution >= 0.6 is 0 Å². The molecule has 1 aromatic heterocycles. The third-order valence-electron chi connectivity index (χ3n) is 3.37. The van der Waals surface area contributed by atoms with Crippen molar-refractivity contribution in [3.05, 3.63) is 36.7 Å². The number of anilines is 4. The maximum Gasteiger partial charge on any atom is 0.159 e. The maximum atomic E-state index is 6.35. The van der Waals surface area contributed by atoms with E-state index in [1.807, 2.05) is 30.3 Å². The summed E-state index contributed by atoms with van der Waals surface area (Å²) >= 11 is 0. The molecular formula is C18H27N5. The van der Waals surface area contributed by atoms with Crippen LogP contribution in [0.3, 0.4) is 0 Å². The van der Waals surface area contributed by atoms with Gasteiger partial charge in [-0.15, -0.1) is 0 Å². The van der Waals surface area contributed by atoms with E-state index in [0.29, 0.717) is 23.3 Å². The second-order valence-electron chi connectivity index (χ2n) is 6.64. The lowest BCUT2D eigenvalue weighted by Crippen LogP contribution is -2.32. The Morgan fingerprint density at radius 2 is 1.61 bits per heavy atom. The third kappa shape index (κ3) is 4.84. The molecule has 1 aromatic carbocycles. The van der Waals surface area contributed by atoms with Crippen LogP contribution in [0.15, 0.2) is 36.7 Å². The Hall–Kier alpha value is -2.30. The largest absolute Gasteiger partial charge is 0.393 e. The van der Waals surface area contributed by atoms with Crippen LogP contribution in [0, 0.1) is 11.8 Å². The fourth-order valence-corrected chi connectivity index (χ4v) is 2.53. The minimum atomic E-state index is 0.536. The first kappa shape index (κ1) is 17.1. The monoisotopic (exact) mass is 313 g/mol. The molecule has 0 aliphatic carbocycles. The molecule has 0 aliphatic rings. The Bertz CT molecular complexity index is 600. The fourth-order valence-electron chi connectivity index (χ4n) is 2.53. The van der Waals surface area contributed by atoms with Gasteiger partial charge in [-0.05, 0) is 24.0 Å². The van der Waals surface area contributed by atoms with E-state index in [9.17, 15) is 0 Å². The Morgan fingerprint density at radius 3 is 2.17 bits per heavy atom. The highest BCUT2D eigenvalue weighted by atomic mass is 15.2. The number of nitrogen functional groups attached to an aromatic ring is 1. The number of hydrogen-bond acceptors (Lipinski definition) is 5. The predicted octanol–water partition coefficient (Wildman–Crippen LogP) is 3.92. The third-order valence-corrected chi connectivity index (χ3v) is 3.37. The molecule has 0 saturated heterocycles. The molecule has 5 nitrogen and oxygen atoms in total.